The molecule has 1 aromatic carbocycles. The molecule has 0 saturated heterocycles. The smallest absolute Gasteiger partial charge is 0.252 e. The summed E-state index contributed by atoms with van der Waals surface area (Å²) in [7, 11) is 0. The Bertz CT molecular complexity index is 396. The van der Waals surface area contributed by atoms with E-state index in [2.05, 4.69) is 28.2 Å². The molecule has 0 radical (unpaired) electrons. The zero-order chi connectivity index (χ0) is 12.8. The van der Waals surface area contributed by atoms with Gasteiger partial charge >= 0.3 is 0 Å². The number of hydrogen-bond acceptors (Lipinski definition) is 2. The number of hydrogen-bond donors (Lipinski definition) is 2. The molecule has 1 aromatic rings. The first-order valence-electron chi connectivity index (χ1n) is 5.41. The SMILES string of the molecule is CC(Br)CCCNC(=O)c1cc(O)ccc1Cl. The summed E-state index contributed by atoms with van der Waals surface area (Å²) in [5.41, 5.74) is 0.304. The molecule has 0 aliphatic heterocycles. The highest BCUT2D eigenvalue weighted by Gasteiger charge is 2.10. The molecule has 1 unspecified atom stereocenters. The normalized spacial score (nSPS) is 12.2. The summed E-state index contributed by atoms with van der Waals surface area (Å²) in [6, 6.07) is 4.32. The van der Waals surface area contributed by atoms with Gasteiger partial charge in [-0.1, -0.05) is 34.5 Å². The number of rotatable bonds is 5. The van der Waals surface area contributed by atoms with E-state index in [-0.39, 0.29) is 11.7 Å². The lowest BCUT2D eigenvalue weighted by atomic mass is 10.2. The Labute approximate surface area is 114 Å². The van der Waals surface area contributed by atoms with Gasteiger partial charge in [0.1, 0.15) is 5.75 Å². The zero-order valence-electron chi connectivity index (χ0n) is 9.54. The van der Waals surface area contributed by atoms with Gasteiger partial charge in [-0.05, 0) is 31.0 Å². The molecule has 0 saturated carbocycles. The summed E-state index contributed by atoms with van der Waals surface area (Å²) < 4.78 is 0. The molecule has 0 bridgehead atoms. The van der Waals surface area contributed by atoms with Crippen LogP contribution < -0.4 is 5.32 Å². The van der Waals surface area contributed by atoms with Gasteiger partial charge in [-0.3, -0.25) is 4.79 Å². The van der Waals surface area contributed by atoms with Gasteiger partial charge in [0, 0.05) is 11.4 Å². The molecule has 1 atom stereocenters. The van der Waals surface area contributed by atoms with Crippen LogP contribution in [0.1, 0.15) is 30.1 Å². The molecule has 0 spiro atoms. The second-order valence-corrected chi connectivity index (χ2v) is 5.81. The van der Waals surface area contributed by atoms with Gasteiger partial charge in [0.25, 0.3) is 5.91 Å². The van der Waals surface area contributed by atoms with E-state index < -0.39 is 0 Å². The monoisotopic (exact) mass is 319 g/mol. The average molecular weight is 321 g/mol. The van der Waals surface area contributed by atoms with Crippen LogP contribution in [0.4, 0.5) is 0 Å². The number of benzene rings is 1. The van der Waals surface area contributed by atoms with Crippen molar-refractivity contribution in [1.82, 2.24) is 5.32 Å². The number of nitrogens with one attached hydrogen (secondary N) is 1. The summed E-state index contributed by atoms with van der Waals surface area (Å²) in [6.45, 7) is 2.66. The van der Waals surface area contributed by atoms with Crippen molar-refractivity contribution in [3.63, 3.8) is 0 Å². The van der Waals surface area contributed by atoms with E-state index in [0.717, 1.165) is 12.8 Å². The minimum absolute atomic E-state index is 0.0358. The van der Waals surface area contributed by atoms with Crippen molar-refractivity contribution in [3.8, 4) is 5.75 Å². The van der Waals surface area contributed by atoms with Crippen molar-refractivity contribution < 1.29 is 9.90 Å². The van der Waals surface area contributed by atoms with Gasteiger partial charge < -0.3 is 10.4 Å². The predicted molar refractivity (Wildman–Crippen MR) is 73.1 cm³/mol. The van der Waals surface area contributed by atoms with Crippen LogP contribution in [0.5, 0.6) is 5.75 Å². The molecule has 0 heterocycles. The van der Waals surface area contributed by atoms with Crippen LogP contribution in [-0.2, 0) is 0 Å². The minimum Gasteiger partial charge on any atom is -0.508 e. The Morgan fingerprint density at radius 1 is 1.59 bits per heavy atom. The minimum atomic E-state index is -0.256. The molecular formula is C12H15BrClNO2. The first-order chi connectivity index (χ1) is 8.00. The summed E-state index contributed by atoms with van der Waals surface area (Å²) in [5, 5.41) is 12.4. The maximum Gasteiger partial charge on any atom is 0.252 e. The molecule has 1 amide bonds. The standard InChI is InChI=1S/C12H15BrClNO2/c1-8(13)3-2-6-15-12(17)10-7-9(16)4-5-11(10)14/h4-5,7-8,16H,2-3,6H2,1H3,(H,15,17). The summed E-state index contributed by atoms with van der Waals surface area (Å²) in [4.78, 5) is 12.2. The molecule has 0 aliphatic rings. The molecule has 0 aliphatic carbocycles. The van der Waals surface area contributed by atoms with Crippen molar-refractivity contribution in [2.45, 2.75) is 24.6 Å². The van der Waals surface area contributed by atoms with Gasteiger partial charge in [0.15, 0.2) is 0 Å². The number of halogens is 2. The van der Waals surface area contributed by atoms with Gasteiger partial charge in [-0.2, -0.15) is 0 Å². The fourth-order valence-electron chi connectivity index (χ4n) is 1.37. The van der Waals surface area contributed by atoms with Crippen molar-refractivity contribution in [2.75, 3.05) is 6.54 Å². The fourth-order valence-corrected chi connectivity index (χ4v) is 1.89. The number of carbonyl (C=O) groups is 1. The van der Waals surface area contributed by atoms with E-state index >= 15 is 0 Å². The van der Waals surface area contributed by atoms with Gasteiger partial charge in [-0.25, -0.2) is 0 Å². The molecule has 3 nitrogen and oxygen atoms in total. The Kier molecular flexibility index (Phi) is 5.78. The summed E-state index contributed by atoms with van der Waals surface area (Å²) >= 11 is 9.32. The van der Waals surface area contributed by atoms with Crippen LogP contribution in [0.2, 0.25) is 5.02 Å². The van der Waals surface area contributed by atoms with E-state index in [1.165, 1.54) is 18.2 Å². The first kappa shape index (κ1) is 14.3. The van der Waals surface area contributed by atoms with Crippen molar-refractivity contribution in [2.24, 2.45) is 0 Å². The molecule has 2 N–H and O–H groups in total. The molecule has 17 heavy (non-hydrogen) atoms. The second kappa shape index (κ2) is 6.87. The highest BCUT2D eigenvalue weighted by molar-refractivity contribution is 9.09. The Balaban J connectivity index is 2.49. The average Bonchev–Trinajstić information content (AvgIpc) is 2.27. The van der Waals surface area contributed by atoms with Crippen molar-refractivity contribution >= 4 is 33.4 Å². The first-order valence-corrected chi connectivity index (χ1v) is 6.71. The summed E-state index contributed by atoms with van der Waals surface area (Å²) in [6.07, 6.45) is 1.89. The maximum atomic E-state index is 11.7. The molecule has 5 heteroatoms. The largest absolute Gasteiger partial charge is 0.508 e. The van der Waals surface area contributed by atoms with E-state index in [4.69, 9.17) is 11.6 Å². The molecule has 0 aromatic heterocycles. The number of amides is 1. The van der Waals surface area contributed by atoms with E-state index in [9.17, 15) is 9.90 Å². The Morgan fingerprint density at radius 2 is 2.29 bits per heavy atom. The molecule has 1 rings (SSSR count). The van der Waals surface area contributed by atoms with E-state index in [0.29, 0.717) is 22.0 Å². The maximum absolute atomic E-state index is 11.7. The molecule has 94 valence electrons. The Morgan fingerprint density at radius 3 is 2.94 bits per heavy atom. The van der Waals surface area contributed by atoms with Crippen LogP contribution in [0, 0.1) is 0 Å². The lowest BCUT2D eigenvalue weighted by Gasteiger charge is -2.07. The predicted octanol–water partition coefficient (Wildman–Crippen LogP) is 3.34. The third-order valence-electron chi connectivity index (χ3n) is 2.26. The third kappa shape index (κ3) is 4.96. The van der Waals surface area contributed by atoms with Crippen LogP contribution in [-0.4, -0.2) is 22.4 Å². The topological polar surface area (TPSA) is 49.3 Å². The second-order valence-electron chi connectivity index (χ2n) is 3.84. The van der Waals surface area contributed by atoms with Gasteiger partial charge in [-0.15, -0.1) is 0 Å². The van der Waals surface area contributed by atoms with Gasteiger partial charge in [0.05, 0.1) is 10.6 Å². The molecular weight excluding hydrogens is 305 g/mol. The van der Waals surface area contributed by atoms with Crippen LogP contribution in [0.3, 0.4) is 0 Å². The number of aromatic hydroxyl groups is 1. The number of alkyl halides is 1. The van der Waals surface area contributed by atoms with Crippen molar-refractivity contribution in [1.29, 1.82) is 0 Å². The quantitative estimate of drug-likeness (QED) is 0.646. The fraction of sp³-hybridized carbons (Fsp3) is 0.417. The van der Waals surface area contributed by atoms with Crippen LogP contribution in [0.15, 0.2) is 18.2 Å². The highest BCUT2D eigenvalue weighted by atomic mass is 79.9. The number of phenolic OH excluding ortho intramolecular Hbond substituents is 1. The Hall–Kier alpha value is -0.740. The zero-order valence-corrected chi connectivity index (χ0v) is 11.9. The highest BCUT2D eigenvalue weighted by Crippen LogP contribution is 2.20. The summed E-state index contributed by atoms with van der Waals surface area (Å²) in [5.74, 6) is -0.221. The third-order valence-corrected chi connectivity index (χ3v) is 3.05. The van der Waals surface area contributed by atoms with Crippen LogP contribution >= 0.6 is 27.5 Å². The number of carbonyl (C=O) groups excluding carboxylic acids is 1. The van der Waals surface area contributed by atoms with E-state index in [1.54, 1.807) is 0 Å². The van der Waals surface area contributed by atoms with Crippen molar-refractivity contribution in [3.05, 3.63) is 28.8 Å². The van der Waals surface area contributed by atoms with E-state index in [1.807, 2.05) is 0 Å². The lowest BCUT2D eigenvalue weighted by molar-refractivity contribution is 0.0953. The van der Waals surface area contributed by atoms with Crippen LogP contribution in [0.25, 0.3) is 0 Å². The van der Waals surface area contributed by atoms with Gasteiger partial charge in [0.2, 0.25) is 0 Å². The molecule has 0 fully saturated rings. The number of phenols is 1. The lowest BCUT2D eigenvalue weighted by Crippen LogP contribution is -2.25.